The Morgan fingerprint density at radius 2 is 1.80 bits per heavy atom. The van der Waals surface area contributed by atoms with Crippen LogP contribution in [0.15, 0.2) is 42.5 Å². The number of amides is 4. The van der Waals surface area contributed by atoms with Crippen molar-refractivity contribution in [1.82, 2.24) is 10.2 Å². The Morgan fingerprint density at radius 3 is 2.63 bits per heavy atom. The summed E-state index contributed by atoms with van der Waals surface area (Å²) in [6.45, 7) is 2.02. The van der Waals surface area contributed by atoms with E-state index in [0.717, 1.165) is 34.9 Å². The van der Waals surface area contributed by atoms with Crippen LogP contribution in [0.1, 0.15) is 39.1 Å². The number of nitrogens with one attached hydrogen (secondary N) is 2. The molecule has 152 valence electrons. The van der Waals surface area contributed by atoms with Gasteiger partial charge in [-0.2, -0.15) is 0 Å². The number of piperidine rings is 1. The fraction of sp³-hybridized carbons (Fsp3) is 0.273. The topological polar surface area (TPSA) is 98.8 Å². The van der Waals surface area contributed by atoms with E-state index in [1.54, 1.807) is 12.1 Å². The molecule has 1 fully saturated rings. The van der Waals surface area contributed by atoms with E-state index in [1.807, 2.05) is 30.3 Å². The lowest BCUT2D eigenvalue weighted by atomic mass is 10.0. The van der Waals surface area contributed by atoms with Crippen molar-refractivity contribution in [2.24, 2.45) is 0 Å². The molecule has 2 N–H and O–H groups in total. The van der Waals surface area contributed by atoms with Crippen LogP contribution in [0.4, 0.5) is 11.4 Å². The largest absolute Gasteiger partial charge is 0.382 e. The van der Waals surface area contributed by atoms with Crippen molar-refractivity contribution in [1.29, 1.82) is 0 Å². The highest BCUT2D eigenvalue weighted by atomic mass is 16.2. The highest BCUT2D eigenvalue weighted by molar-refractivity contribution is 6.24. The number of hydrogen-bond donors (Lipinski definition) is 2. The molecule has 0 spiro atoms. The molecule has 1 atom stereocenters. The van der Waals surface area contributed by atoms with Gasteiger partial charge >= 0.3 is 0 Å². The van der Waals surface area contributed by atoms with E-state index in [9.17, 15) is 19.2 Å². The Balaban J connectivity index is 1.47. The van der Waals surface area contributed by atoms with Gasteiger partial charge in [-0.1, -0.05) is 24.3 Å². The predicted molar refractivity (Wildman–Crippen MR) is 109 cm³/mol. The molecule has 8 nitrogen and oxygen atoms in total. The van der Waals surface area contributed by atoms with Crippen molar-refractivity contribution >= 4 is 35.0 Å². The molecule has 1 unspecified atom stereocenters. The van der Waals surface area contributed by atoms with Gasteiger partial charge in [0.2, 0.25) is 11.8 Å². The van der Waals surface area contributed by atoms with Crippen molar-refractivity contribution in [3.63, 3.8) is 0 Å². The number of nitrogens with zero attached hydrogens (tertiary/aromatic N) is 2. The van der Waals surface area contributed by atoms with E-state index in [-0.39, 0.29) is 18.7 Å². The smallest absolute Gasteiger partial charge is 0.262 e. The molecule has 0 radical (unpaired) electrons. The number of benzene rings is 2. The standard InChI is InChI=1S/C22H20N4O4/c27-18-9-8-17(20(28)24-18)26-21(29)14-5-3-4-13(19(14)22(26)30)12-25-11-10-23-15-6-1-2-7-16(15)25/h1-7,17,23H,8-12H2,(H,24,27,28). The lowest BCUT2D eigenvalue weighted by molar-refractivity contribution is -0.136. The zero-order valence-electron chi connectivity index (χ0n) is 16.2. The second kappa shape index (κ2) is 6.98. The molecular formula is C22H20N4O4. The first kappa shape index (κ1) is 18.4. The van der Waals surface area contributed by atoms with Gasteiger partial charge in [-0.25, -0.2) is 0 Å². The molecule has 2 aromatic carbocycles. The third kappa shape index (κ3) is 2.83. The minimum Gasteiger partial charge on any atom is -0.382 e. The summed E-state index contributed by atoms with van der Waals surface area (Å²) in [7, 11) is 0. The van der Waals surface area contributed by atoms with Gasteiger partial charge < -0.3 is 10.2 Å². The number of carbonyl (C=O) groups excluding carboxylic acids is 4. The van der Waals surface area contributed by atoms with Crippen LogP contribution in [0, 0.1) is 0 Å². The maximum Gasteiger partial charge on any atom is 0.262 e. The number of anilines is 2. The van der Waals surface area contributed by atoms with Crippen molar-refractivity contribution in [2.75, 3.05) is 23.3 Å². The van der Waals surface area contributed by atoms with E-state index >= 15 is 0 Å². The van der Waals surface area contributed by atoms with Crippen molar-refractivity contribution < 1.29 is 19.2 Å². The molecule has 0 bridgehead atoms. The van der Waals surface area contributed by atoms with Crippen molar-refractivity contribution in [3.8, 4) is 0 Å². The third-order valence-corrected chi connectivity index (χ3v) is 5.86. The van der Waals surface area contributed by atoms with Gasteiger partial charge in [0.15, 0.2) is 0 Å². The lowest BCUT2D eigenvalue weighted by Crippen LogP contribution is -2.54. The predicted octanol–water partition coefficient (Wildman–Crippen LogP) is 1.52. The number of carbonyl (C=O) groups is 4. The molecule has 3 aliphatic heterocycles. The number of hydrogen-bond acceptors (Lipinski definition) is 6. The minimum atomic E-state index is -0.956. The van der Waals surface area contributed by atoms with E-state index in [4.69, 9.17) is 0 Å². The molecule has 3 heterocycles. The Morgan fingerprint density at radius 1 is 0.967 bits per heavy atom. The summed E-state index contributed by atoms with van der Waals surface area (Å²) in [5, 5.41) is 5.59. The number of fused-ring (bicyclic) bond motifs is 2. The van der Waals surface area contributed by atoms with Crippen LogP contribution in [-0.4, -0.2) is 47.7 Å². The molecule has 2 aromatic rings. The molecule has 5 rings (SSSR count). The van der Waals surface area contributed by atoms with Crippen LogP contribution >= 0.6 is 0 Å². The average molecular weight is 404 g/mol. The van der Waals surface area contributed by atoms with Crippen LogP contribution in [0.3, 0.4) is 0 Å². The summed E-state index contributed by atoms with van der Waals surface area (Å²) in [4.78, 5) is 53.2. The van der Waals surface area contributed by atoms with Gasteiger partial charge in [0, 0.05) is 26.1 Å². The highest BCUT2D eigenvalue weighted by Crippen LogP contribution is 2.33. The fourth-order valence-corrected chi connectivity index (χ4v) is 4.43. The molecule has 0 saturated carbocycles. The normalized spacial score (nSPS) is 20.6. The molecule has 8 heteroatoms. The Bertz CT molecular complexity index is 1100. The second-order valence-corrected chi connectivity index (χ2v) is 7.65. The van der Waals surface area contributed by atoms with Gasteiger partial charge in [-0.05, 0) is 30.2 Å². The summed E-state index contributed by atoms with van der Waals surface area (Å²) >= 11 is 0. The minimum absolute atomic E-state index is 0.105. The summed E-state index contributed by atoms with van der Waals surface area (Å²) in [5.41, 5.74) is 3.48. The fourth-order valence-electron chi connectivity index (χ4n) is 4.43. The van der Waals surface area contributed by atoms with Crippen LogP contribution in [0.2, 0.25) is 0 Å². The lowest BCUT2D eigenvalue weighted by Gasteiger charge is -2.32. The van der Waals surface area contributed by atoms with E-state index < -0.39 is 23.8 Å². The average Bonchev–Trinajstić information content (AvgIpc) is 3.00. The van der Waals surface area contributed by atoms with Crippen LogP contribution in [0.25, 0.3) is 0 Å². The van der Waals surface area contributed by atoms with Crippen LogP contribution in [0.5, 0.6) is 0 Å². The maximum absolute atomic E-state index is 13.3. The second-order valence-electron chi connectivity index (χ2n) is 7.65. The first-order valence-electron chi connectivity index (χ1n) is 9.96. The molecular weight excluding hydrogens is 384 g/mol. The van der Waals surface area contributed by atoms with E-state index in [2.05, 4.69) is 15.5 Å². The summed E-state index contributed by atoms with van der Waals surface area (Å²) < 4.78 is 0. The molecule has 30 heavy (non-hydrogen) atoms. The van der Waals surface area contributed by atoms with Crippen LogP contribution in [-0.2, 0) is 16.1 Å². The monoisotopic (exact) mass is 404 g/mol. The zero-order valence-corrected chi connectivity index (χ0v) is 16.2. The Kier molecular flexibility index (Phi) is 4.27. The summed E-state index contributed by atoms with van der Waals surface area (Å²) in [5.74, 6) is -1.93. The zero-order chi connectivity index (χ0) is 20.8. The van der Waals surface area contributed by atoms with Gasteiger partial charge in [-0.3, -0.25) is 29.4 Å². The van der Waals surface area contributed by atoms with E-state index in [0.29, 0.717) is 17.7 Å². The molecule has 3 aliphatic rings. The van der Waals surface area contributed by atoms with Gasteiger partial charge in [0.05, 0.1) is 22.5 Å². The summed E-state index contributed by atoms with van der Waals surface area (Å²) in [6, 6.07) is 12.2. The number of rotatable bonds is 3. The van der Waals surface area contributed by atoms with Gasteiger partial charge in [-0.15, -0.1) is 0 Å². The quantitative estimate of drug-likeness (QED) is 0.753. The highest BCUT2D eigenvalue weighted by Gasteiger charge is 2.45. The van der Waals surface area contributed by atoms with Crippen molar-refractivity contribution in [3.05, 3.63) is 59.2 Å². The molecule has 0 aromatic heterocycles. The van der Waals surface area contributed by atoms with Gasteiger partial charge in [0.1, 0.15) is 6.04 Å². The van der Waals surface area contributed by atoms with E-state index in [1.165, 1.54) is 0 Å². The molecule has 4 amide bonds. The molecule has 0 aliphatic carbocycles. The molecule has 1 saturated heterocycles. The first-order valence-corrected chi connectivity index (χ1v) is 9.96. The Labute approximate surface area is 172 Å². The first-order chi connectivity index (χ1) is 14.5. The SMILES string of the molecule is O=C1CCC(N2C(=O)c3cccc(CN4CCNc5ccccc54)c3C2=O)C(=O)N1. The van der Waals surface area contributed by atoms with Gasteiger partial charge in [0.25, 0.3) is 11.8 Å². The maximum atomic E-state index is 13.3. The van der Waals surface area contributed by atoms with Crippen LogP contribution < -0.4 is 15.5 Å². The number of para-hydroxylation sites is 2. The number of imide groups is 2. The third-order valence-electron chi connectivity index (χ3n) is 5.86. The van der Waals surface area contributed by atoms with Crippen molar-refractivity contribution in [2.45, 2.75) is 25.4 Å². The summed E-state index contributed by atoms with van der Waals surface area (Å²) in [6.07, 6.45) is 0.255. The Hall–Kier alpha value is -3.68.